The molecule has 0 unspecified atom stereocenters. The maximum atomic E-state index is 10.1. The van der Waals surface area contributed by atoms with Gasteiger partial charge >= 0.3 is 0 Å². The number of amides is 1. The molecule has 0 bridgehead atoms. The first-order valence-electron chi connectivity index (χ1n) is 1.86. The van der Waals surface area contributed by atoms with Gasteiger partial charge in [-0.15, -0.1) is 0 Å². The first-order chi connectivity index (χ1) is 3.29. The molecule has 0 atom stereocenters. The van der Waals surface area contributed by atoms with Crippen LogP contribution in [0.2, 0.25) is 0 Å². The van der Waals surface area contributed by atoms with Crippen molar-refractivity contribution in [3.63, 3.8) is 0 Å². The van der Waals surface area contributed by atoms with Crippen molar-refractivity contribution in [3.8, 4) is 0 Å². The van der Waals surface area contributed by atoms with Crippen molar-refractivity contribution in [1.82, 2.24) is 11.2 Å². The maximum absolute atomic E-state index is 10.1. The zero-order valence-corrected chi connectivity index (χ0v) is 3.56. The smallest absolute Gasteiger partial charge is 0.247 e. The molecule has 0 saturated carbocycles. The molecule has 0 fully saturated rings. The van der Waals surface area contributed by atoms with Crippen molar-refractivity contribution in [3.05, 3.63) is 0 Å². The van der Waals surface area contributed by atoms with E-state index in [1.807, 2.05) is 0 Å². The van der Waals surface area contributed by atoms with E-state index >= 15 is 0 Å². The Balaban J connectivity index is 2.58. The Morgan fingerprint density at radius 2 is 2.57 bits per heavy atom. The molecule has 37 valence electrons. The predicted octanol–water partition coefficient (Wildman–Crippen LogP) is -0.897. The highest BCUT2D eigenvalue weighted by molar-refractivity contribution is 6.02. The lowest BCUT2D eigenvalue weighted by Crippen LogP contribution is -2.09. The zero-order chi connectivity index (χ0) is 5.28. The summed E-state index contributed by atoms with van der Waals surface area (Å²) < 4.78 is 0. The lowest BCUT2D eigenvalue weighted by molar-refractivity contribution is -0.119. The molecule has 1 radical (unpaired) electrons. The van der Waals surface area contributed by atoms with E-state index in [4.69, 9.17) is 5.73 Å². The number of carbonyl (C=O) groups excluding carboxylic acids is 1. The molecule has 7 heavy (non-hydrogen) atoms. The van der Waals surface area contributed by atoms with E-state index < -0.39 is 0 Å². The fraction of sp³-hybridized carbons (Fsp3) is 0.333. The van der Waals surface area contributed by atoms with Gasteiger partial charge in [0, 0.05) is 0 Å². The van der Waals surface area contributed by atoms with Crippen LogP contribution in [0.4, 0.5) is 0 Å². The molecule has 1 rings (SSSR count). The zero-order valence-electron chi connectivity index (χ0n) is 3.56. The van der Waals surface area contributed by atoms with Crippen LogP contribution in [0.15, 0.2) is 5.10 Å². The van der Waals surface area contributed by atoms with Crippen LogP contribution >= 0.6 is 0 Å². The van der Waals surface area contributed by atoms with Gasteiger partial charge in [-0.2, -0.15) is 5.10 Å². The summed E-state index contributed by atoms with van der Waals surface area (Å²) in [5.74, 6) is -0.0741. The van der Waals surface area contributed by atoms with E-state index in [9.17, 15) is 4.79 Å². The van der Waals surface area contributed by atoms with Crippen molar-refractivity contribution in [2.45, 2.75) is 6.42 Å². The second kappa shape index (κ2) is 1.22. The van der Waals surface area contributed by atoms with Gasteiger partial charge in [-0.25, -0.2) is 5.43 Å². The molecule has 1 heterocycles. The Labute approximate surface area is 40.4 Å². The highest BCUT2D eigenvalue weighted by Crippen LogP contribution is 1.87. The molecule has 1 aliphatic heterocycles. The summed E-state index contributed by atoms with van der Waals surface area (Å²) in [6, 6.07) is 0. The molecule has 4 heteroatoms. The molecule has 0 spiro atoms. The number of hydrogen-bond donors (Lipinski definition) is 1. The van der Waals surface area contributed by atoms with E-state index in [0.717, 1.165) is 0 Å². The lowest BCUT2D eigenvalue weighted by atomic mass is 10.4. The minimum absolute atomic E-state index is 0.116. The second-order valence-electron chi connectivity index (χ2n) is 1.27. The summed E-state index contributed by atoms with van der Waals surface area (Å²) in [6.45, 7) is 0. The number of hydrazone groups is 1. The maximum Gasteiger partial charge on any atom is 0.247 e. The molecule has 1 amide bonds. The molecule has 2 N–H and O–H groups in total. The van der Waals surface area contributed by atoms with Gasteiger partial charge in [0.2, 0.25) is 5.91 Å². The Bertz CT molecular complexity index is 128. The van der Waals surface area contributed by atoms with Crippen LogP contribution in [0, 0.1) is 0 Å². The van der Waals surface area contributed by atoms with Crippen molar-refractivity contribution in [2.75, 3.05) is 0 Å². The van der Waals surface area contributed by atoms with Crippen LogP contribution in [0.1, 0.15) is 6.42 Å². The third-order valence-electron chi connectivity index (χ3n) is 0.644. The van der Waals surface area contributed by atoms with Crippen LogP contribution in [0.3, 0.4) is 0 Å². The summed E-state index contributed by atoms with van der Waals surface area (Å²) in [5.41, 5.74) is 8.86. The minimum atomic E-state index is -0.190. The number of hydrogen-bond acceptors (Lipinski definition) is 2. The molecule has 0 aromatic rings. The Morgan fingerprint density at radius 3 is 2.71 bits per heavy atom. The van der Waals surface area contributed by atoms with Gasteiger partial charge in [0.1, 0.15) is 0 Å². The molecule has 4 nitrogen and oxygen atoms in total. The fourth-order valence-electron chi connectivity index (χ4n) is 0.361. The van der Waals surface area contributed by atoms with Crippen molar-refractivity contribution in [2.24, 2.45) is 5.10 Å². The van der Waals surface area contributed by atoms with E-state index in [0.29, 0.717) is 0 Å². The summed E-state index contributed by atoms with van der Waals surface area (Å²) in [7, 11) is 0. The van der Waals surface area contributed by atoms with Crippen molar-refractivity contribution in [1.29, 1.82) is 0 Å². The fourth-order valence-corrected chi connectivity index (χ4v) is 0.361. The highest BCUT2D eigenvalue weighted by atomic mass is 16.2. The van der Waals surface area contributed by atoms with Gasteiger partial charge in [0.05, 0.1) is 6.42 Å². The number of rotatable bonds is 0. The van der Waals surface area contributed by atoms with Crippen LogP contribution < -0.4 is 11.2 Å². The minimum Gasteiger partial charge on any atom is -0.285 e. The average Bonchev–Trinajstić information content (AvgIpc) is 1.87. The van der Waals surface area contributed by atoms with E-state index in [2.05, 4.69) is 10.5 Å². The lowest BCUT2D eigenvalue weighted by Gasteiger charge is -1.76. The first kappa shape index (κ1) is 4.11. The molecule has 0 saturated heterocycles. The summed E-state index contributed by atoms with van der Waals surface area (Å²) in [5, 5.41) is 3.30. The molecule has 0 aromatic heterocycles. The third kappa shape index (κ3) is 0.677. The first-order valence-corrected chi connectivity index (χ1v) is 1.86. The molecular weight excluding hydrogens is 94.1 g/mol. The Hall–Kier alpha value is -1.06. The van der Waals surface area contributed by atoms with Crippen LogP contribution in [-0.4, -0.2) is 11.7 Å². The largest absolute Gasteiger partial charge is 0.285 e. The number of amidine groups is 1. The number of nitrogens with zero attached hydrogens (tertiary/aromatic N) is 1. The average molecular weight is 98.1 g/mol. The predicted molar refractivity (Wildman–Crippen MR) is 23.3 cm³/mol. The monoisotopic (exact) mass is 98.0 g/mol. The second-order valence-corrected chi connectivity index (χ2v) is 1.27. The SMILES string of the molecule is [NH]C1=NNC(=O)C1. The number of nitrogens with one attached hydrogen (secondary N) is 2. The van der Waals surface area contributed by atoms with Gasteiger partial charge < -0.3 is 0 Å². The molecule has 0 aromatic carbocycles. The quantitative estimate of drug-likeness (QED) is 0.419. The summed E-state index contributed by atoms with van der Waals surface area (Å²) >= 11 is 0. The van der Waals surface area contributed by atoms with Gasteiger partial charge in [-0.3, -0.25) is 10.5 Å². The topological polar surface area (TPSA) is 65.3 Å². The van der Waals surface area contributed by atoms with Crippen LogP contribution in [0.25, 0.3) is 0 Å². The van der Waals surface area contributed by atoms with Crippen molar-refractivity contribution >= 4 is 11.7 Å². The highest BCUT2D eigenvalue weighted by Gasteiger charge is 2.09. The number of carbonyl (C=O) groups is 1. The standard InChI is InChI=1S/C3H4N3O/c4-2-1-3(7)6-5-2/h4H,1H2,(H,6,7). The summed E-state index contributed by atoms with van der Waals surface area (Å²) in [6.07, 6.45) is 0.139. The van der Waals surface area contributed by atoms with Crippen LogP contribution in [0.5, 0.6) is 0 Å². The van der Waals surface area contributed by atoms with Gasteiger partial charge in [0.25, 0.3) is 0 Å². The summed E-state index contributed by atoms with van der Waals surface area (Å²) in [4.78, 5) is 10.1. The van der Waals surface area contributed by atoms with Crippen LogP contribution in [-0.2, 0) is 4.79 Å². The Kier molecular flexibility index (Phi) is 0.714. The molecule has 1 aliphatic rings. The van der Waals surface area contributed by atoms with E-state index in [-0.39, 0.29) is 18.2 Å². The van der Waals surface area contributed by atoms with Gasteiger partial charge in [-0.05, 0) is 0 Å². The van der Waals surface area contributed by atoms with E-state index in [1.165, 1.54) is 0 Å². The normalized spacial score (nSPS) is 18.9. The molecule has 0 aliphatic carbocycles. The third-order valence-corrected chi connectivity index (χ3v) is 0.644. The molecular formula is C3H4N3O. The van der Waals surface area contributed by atoms with E-state index in [1.54, 1.807) is 0 Å². The van der Waals surface area contributed by atoms with Gasteiger partial charge in [-0.1, -0.05) is 0 Å². The van der Waals surface area contributed by atoms with Crippen molar-refractivity contribution < 1.29 is 4.79 Å². The van der Waals surface area contributed by atoms with Gasteiger partial charge in [0.15, 0.2) is 5.84 Å². The Morgan fingerprint density at radius 1 is 1.86 bits per heavy atom.